The van der Waals surface area contributed by atoms with Crippen molar-refractivity contribution in [1.82, 2.24) is 5.32 Å². The van der Waals surface area contributed by atoms with Crippen LogP contribution in [0, 0.1) is 6.57 Å². The maximum absolute atomic E-state index is 13.9. The summed E-state index contributed by atoms with van der Waals surface area (Å²) in [6, 6.07) is 24.5. The number of rotatable bonds is 16. The van der Waals surface area contributed by atoms with Crippen molar-refractivity contribution in [3.63, 3.8) is 0 Å². The van der Waals surface area contributed by atoms with E-state index in [4.69, 9.17) is 6.57 Å². The number of nitrogens with one attached hydrogen (secondary N) is 1. The molecule has 0 aromatic heterocycles. The summed E-state index contributed by atoms with van der Waals surface area (Å²) in [7, 11) is 0. The number of unbranched alkanes of at least 4 members (excludes halogenated alkanes) is 9. The fraction of sp³-hybridized carbons (Fsp3) is 0.382. The van der Waals surface area contributed by atoms with Crippen molar-refractivity contribution >= 4 is 23.2 Å². The van der Waals surface area contributed by atoms with E-state index in [9.17, 15) is 9.59 Å². The predicted octanol–water partition coefficient (Wildman–Crippen LogP) is 8.66. The van der Waals surface area contributed by atoms with Gasteiger partial charge in [0.1, 0.15) is 6.04 Å². The summed E-state index contributed by atoms with van der Waals surface area (Å²) in [6.07, 6.45) is 12.3. The van der Waals surface area contributed by atoms with Crippen LogP contribution in [0.3, 0.4) is 0 Å². The molecule has 3 aromatic rings. The molecule has 5 nitrogen and oxygen atoms in total. The van der Waals surface area contributed by atoms with Crippen LogP contribution in [0.4, 0.5) is 11.4 Å². The van der Waals surface area contributed by atoms with Crippen molar-refractivity contribution < 1.29 is 9.59 Å². The fourth-order valence-electron chi connectivity index (χ4n) is 4.76. The van der Waals surface area contributed by atoms with Gasteiger partial charge in [0.05, 0.1) is 6.57 Å². The number of benzene rings is 3. The lowest BCUT2D eigenvalue weighted by molar-refractivity contribution is -0.122. The van der Waals surface area contributed by atoms with Gasteiger partial charge in [-0.1, -0.05) is 138 Å². The number of carbonyl (C=O) groups excluding carboxylic acids is 2. The molecule has 204 valence electrons. The Morgan fingerprint density at radius 1 is 0.744 bits per heavy atom. The number of para-hydroxylation sites is 1. The van der Waals surface area contributed by atoms with Gasteiger partial charge in [-0.15, -0.1) is 0 Å². The van der Waals surface area contributed by atoms with Gasteiger partial charge in [-0.25, -0.2) is 4.85 Å². The molecule has 0 aliphatic carbocycles. The summed E-state index contributed by atoms with van der Waals surface area (Å²) in [5.41, 5.74) is 2.27. The van der Waals surface area contributed by atoms with Crippen molar-refractivity contribution in [3.05, 3.63) is 107 Å². The summed E-state index contributed by atoms with van der Waals surface area (Å²) >= 11 is 0. The molecule has 0 radical (unpaired) electrons. The average molecular weight is 524 g/mol. The molecule has 0 spiro atoms. The van der Waals surface area contributed by atoms with Crippen LogP contribution in [-0.2, 0) is 4.79 Å². The van der Waals surface area contributed by atoms with Crippen molar-refractivity contribution in [2.75, 3.05) is 11.4 Å². The molecule has 0 bridgehead atoms. The molecule has 0 saturated carbocycles. The lowest BCUT2D eigenvalue weighted by Gasteiger charge is -2.31. The number of nitrogens with zero attached hydrogens (tertiary/aromatic N) is 2. The van der Waals surface area contributed by atoms with Gasteiger partial charge in [0.15, 0.2) is 5.69 Å². The van der Waals surface area contributed by atoms with Crippen molar-refractivity contribution in [1.29, 1.82) is 0 Å². The predicted molar refractivity (Wildman–Crippen MR) is 160 cm³/mol. The molecular formula is C34H41N3O2. The largest absolute Gasteiger partial charge is 0.354 e. The first kappa shape index (κ1) is 29.6. The molecule has 1 unspecified atom stereocenters. The van der Waals surface area contributed by atoms with Crippen LogP contribution in [0.1, 0.15) is 93.1 Å². The monoisotopic (exact) mass is 523 g/mol. The zero-order chi connectivity index (χ0) is 27.7. The van der Waals surface area contributed by atoms with E-state index in [-0.39, 0.29) is 11.8 Å². The second-order valence-electron chi connectivity index (χ2n) is 9.96. The van der Waals surface area contributed by atoms with Crippen LogP contribution in [0.25, 0.3) is 4.85 Å². The molecule has 2 amide bonds. The number of hydrogen-bond acceptors (Lipinski definition) is 2. The van der Waals surface area contributed by atoms with Gasteiger partial charge >= 0.3 is 0 Å². The summed E-state index contributed by atoms with van der Waals surface area (Å²) in [5.74, 6) is -0.493. The molecule has 3 aromatic carbocycles. The van der Waals surface area contributed by atoms with E-state index >= 15 is 0 Å². The second-order valence-corrected chi connectivity index (χ2v) is 9.96. The van der Waals surface area contributed by atoms with E-state index in [0.29, 0.717) is 23.5 Å². The molecule has 1 atom stereocenters. The first-order chi connectivity index (χ1) is 19.2. The van der Waals surface area contributed by atoms with Gasteiger partial charge in [-0.3, -0.25) is 14.5 Å². The summed E-state index contributed by atoms with van der Waals surface area (Å²) in [5, 5.41) is 3.11. The molecular weight excluding hydrogens is 482 g/mol. The third kappa shape index (κ3) is 9.41. The van der Waals surface area contributed by atoms with Crippen LogP contribution in [0.2, 0.25) is 0 Å². The first-order valence-corrected chi connectivity index (χ1v) is 14.3. The summed E-state index contributed by atoms with van der Waals surface area (Å²) in [6.45, 7) is 10.0. The maximum atomic E-state index is 13.9. The van der Waals surface area contributed by atoms with Gasteiger partial charge in [0, 0.05) is 17.8 Å². The zero-order valence-corrected chi connectivity index (χ0v) is 23.1. The Labute approximate surface area is 234 Å². The van der Waals surface area contributed by atoms with Crippen molar-refractivity contribution in [2.24, 2.45) is 0 Å². The SMILES string of the molecule is [C-]#[N+]c1ccc(C(=O)N(c2ccccc2)C(C(=O)NCCCCCCCCCCCC)c2ccccc2)cc1. The molecule has 0 heterocycles. The normalized spacial score (nSPS) is 11.4. The van der Waals surface area contributed by atoms with Gasteiger partial charge in [0.25, 0.3) is 5.91 Å². The van der Waals surface area contributed by atoms with Crippen LogP contribution in [-0.4, -0.2) is 18.4 Å². The Hall–Kier alpha value is -3.91. The van der Waals surface area contributed by atoms with E-state index in [1.165, 1.54) is 51.4 Å². The average Bonchev–Trinajstić information content (AvgIpc) is 2.99. The number of amides is 2. The third-order valence-corrected chi connectivity index (χ3v) is 6.95. The summed E-state index contributed by atoms with van der Waals surface area (Å²) < 4.78 is 0. The Bertz CT molecular complexity index is 1170. The highest BCUT2D eigenvalue weighted by Crippen LogP contribution is 2.30. The first-order valence-electron chi connectivity index (χ1n) is 14.3. The minimum Gasteiger partial charge on any atom is -0.354 e. The van der Waals surface area contributed by atoms with Crippen LogP contribution in [0.5, 0.6) is 0 Å². The minimum atomic E-state index is -0.829. The maximum Gasteiger partial charge on any atom is 0.259 e. The molecule has 0 aliphatic rings. The van der Waals surface area contributed by atoms with Gasteiger partial charge in [-0.2, -0.15) is 0 Å². The molecule has 0 saturated heterocycles. The van der Waals surface area contributed by atoms with Crippen LogP contribution in [0.15, 0.2) is 84.9 Å². The molecule has 1 N–H and O–H groups in total. The van der Waals surface area contributed by atoms with Gasteiger partial charge in [-0.05, 0) is 24.1 Å². The van der Waals surface area contributed by atoms with Crippen molar-refractivity contribution in [3.8, 4) is 0 Å². The lowest BCUT2D eigenvalue weighted by atomic mass is 10.0. The molecule has 5 heteroatoms. The topological polar surface area (TPSA) is 53.8 Å². The molecule has 0 fully saturated rings. The lowest BCUT2D eigenvalue weighted by Crippen LogP contribution is -2.44. The Morgan fingerprint density at radius 3 is 1.85 bits per heavy atom. The van der Waals surface area contributed by atoms with E-state index in [1.54, 1.807) is 29.2 Å². The van der Waals surface area contributed by atoms with E-state index in [0.717, 1.165) is 18.4 Å². The quantitative estimate of drug-likeness (QED) is 0.151. The smallest absolute Gasteiger partial charge is 0.259 e. The number of anilines is 1. The summed E-state index contributed by atoms with van der Waals surface area (Å²) in [4.78, 5) is 32.6. The molecule has 0 aliphatic heterocycles. The van der Waals surface area contributed by atoms with Gasteiger partial charge < -0.3 is 5.32 Å². The highest BCUT2D eigenvalue weighted by molar-refractivity contribution is 6.10. The molecule has 3 rings (SSSR count). The van der Waals surface area contributed by atoms with Gasteiger partial charge in [0.2, 0.25) is 5.91 Å². The standard InChI is InChI=1S/C34H41N3O2/c1-3-4-5-6-7-8-9-10-11-18-27-36-33(38)32(28-19-14-12-15-20-28)37(31-21-16-13-17-22-31)34(39)29-23-25-30(35-2)26-24-29/h12-17,19-26,32H,3-11,18,27H2,1H3,(H,36,38). The number of hydrogen-bond donors (Lipinski definition) is 1. The Balaban J connectivity index is 1.70. The van der Waals surface area contributed by atoms with E-state index in [2.05, 4.69) is 17.1 Å². The second kappa shape index (κ2) is 16.8. The molecule has 39 heavy (non-hydrogen) atoms. The Morgan fingerprint density at radius 2 is 1.28 bits per heavy atom. The highest BCUT2D eigenvalue weighted by atomic mass is 16.2. The van der Waals surface area contributed by atoms with Crippen LogP contribution >= 0.6 is 0 Å². The van der Waals surface area contributed by atoms with Crippen molar-refractivity contribution in [2.45, 2.75) is 77.2 Å². The highest BCUT2D eigenvalue weighted by Gasteiger charge is 2.33. The van der Waals surface area contributed by atoms with E-state index in [1.807, 2.05) is 60.7 Å². The number of carbonyl (C=O) groups is 2. The zero-order valence-electron chi connectivity index (χ0n) is 23.1. The van der Waals surface area contributed by atoms with Crippen LogP contribution < -0.4 is 10.2 Å². The minimum absolute atomic E-state index is 0.202. The fourth-order valence-corrected chi connectivity index (χ4v) is 4.76. The third-order valence-electron chi connectivity index (χ3n) is 6.95. The van der Waals surface area contributed by atoms with E-state index < -0.39 is 6.04 Å². The Kier molecular flexibility index (Phi) is 12.8.